The molecule has 0 aliphatic heterocycles. The van der Waals surface area contributed by atoms with Crippen molar-refractivity contribution in [1.29, 1.82) is 0 Å². The van der Waals surface area contributed by atoms with Crippen LogP contribution in [0.5, 0.6) is 0 Å². The minimum absolute atomic E-state index is 0.690. The van der Waals surface area contributed by atoms with Crippen LogP contribution in [0, 0.1) is 5.92 Å². The zero-order valence-corrected chi connectivity index (χ0v) is 12.1. The number of aryl methyl sites for hydroxylation is 1. The Hall–Kier alpha value is -0.280. The van der Waals surface area contributed by atoms with Gasteiger partial charge < -0.3 is 0 Å². The van der Waals surface area contributed by atoms with Crippen molar-refractivity contribution in [1.82, 2.24) is 9.97 Å². The lowest BCUT2D eigenvalue weighted by Crippen LogP contribution is -2.10. The third kappa shape index (κ3) is 3.59. The molecular weight excluding hydrogens is 252 g/mol. The van der Waals surface area contributed by atoms with E-state index in [4.69, 9.17) is 11.6 Å². The van der Waals surface area contributed by atoms with Gasteiger partial charge in [-0.25, -0.2) is 9.97 Å². The molecular formula is C13H19ClN2S. The molecule has 0 saturated heterocycles. The normalized spacial score (nSPS) is 15.1. The van der Waals surface area contributed by atoms with Crippen molar-refractivity contribution < 1.29 is 0 Å². The smallest absolute Gasteiger partial charge is 0.140 e. The first-order valence-electron chi connectivity index (χ1n) is 6.28. The second-order valence-electron chi connectivity index (χ2n) is 4.97. The molecule has 0 amide bonds. The third-order valence-electron chi connectivity index (χ3n) is 2.86. The topological polar surface area (TPSA) is 25.8 Å². The zero-order valence-electron chi connectivity index (χ0n) is 10.5. The molecule has 2 rings (SSSR count). The fourth-order valence-electron chi connectivity index (χ4n) is 2.05. The van der Waals surface area contributed by atoms with Gasteiger partial charge in [0.1, 0.15) is 11.0 Å². The monoisotopic (exact) mass is 270 g/mol. The van der Waals surface area contributed by atoms with Crippen molar-refractivity contribution in [2.24, 2.45) is 5.92 Å². The summed E-state index contributed by atoms with van der Waals surface area (Å²) in [6, 6.07) is 0. The molecule has 1 heterocycles. The molecule has 1 aliphatic rings. The minimum atomic E-state index is 0.690. The first-order chi connectivity index (χ1) is 8.16. The van der Waals surface area contributed by atoms with E-state index < -0.39 is 0 Å². The van der Waals surface area contributed by atoms with Gasteiger partial charge in [-0.05, 0) is 37.4 Å². The highest BCUT2D eigenvalue weighted by atomic mass is 35.5. The SMILES string of the molecule is CC(C)CSCc1nc(Cl)c2c(n1)CCCC2. The summed E-state index contributed by atoms with van der Waals surface area (Å²) in [5.74, 6) is 3.65. The molecule has 1 aromatic heterocycles. The van der Waals surface area contributed by atoms with Crippen LogP contribution in [0.3, 0.4) is 0 Å². The summed E-state index contributed by atoms with van der Waals surface area (Å²) in [5, 5.41) is 0.690. The summed E-state index contributed by atoms with van der Waals surface area (Å²) in [4.78, 5) is 9.07. The second-order valence-corrected chi connectivity index (χ2v) is 6.36. The van der Waals surface area contributed by atoms with Crippen LogP contribution in [0.25, 0.3) is 0 Å². The highest BCUT2D eigenvalue weighted by Gasteiger charge is 2.16. The largest absolute Gasteiger partial charge is 0.237 e. The lowest BCUT2D eigenvalue weighted by Gasteiger charge is -2.16. The molecule has 17 heavy (non-hydrogen) atoms. The van der Waals surface area contributed by atoms with E-state index in [1.54, 1.807) is 0 Å². The lowest BCUT2D eigenvalue weighted by molar-refractivity contribution is 0.657. The lowest BCUT2D eigenvalue weighted by atomic mass is 9.97. The molecule has 0 aromatic carbocycles. The number of hydrogen-bond donors (Lipinski definition) is 0. The van der Waals surface area contributed by atoms with Crippen LogP contribution in [0.15, 0.2) is 0 Å². The van der Waals surface area contributed by atoms with Gasteiger partial charge in [-0.3, -0.25) is 0 Å². The van der Waals surface area contributed by atoms with Crippen LogP contribution in [-0.2, 0) is 18.6 Å². The number of aromatic nitrogens is 2. The Morgan fingerprint density at radius 2 is 2.00 bits per heavy atom. The van der Waals surface area contributed by atoms with E-state index in [-0.39, 0.29) is 0 Å². The summed E-state index contributed by atoms with van der Waals surface area (Å²) in [7, 11) is 0. The summed E-state index contributed by atoms with van der Waals surface area (Å²) < 4.78 is 0. The molecule has 0 radical (unpaired) electrons. The Balaban J connectivity index is 2.06. The summed E-state index contributed by atoms with van der Waals surface area (Å²) in [6.07, 6.45) is 4.57. The standard InChI is InChI=1S/C13H19ClN2S/c1-9(2)7-17-8-12-15-11-6-4-3-5-10(11)13(14)16-12/h9H,3-8H2,1-2H3. The molecule has 0 atom stereocenters. The molecule has 0 fully saturated rings. The quantitative estimate of drug-likeness (QED) is 0.776. The molecule has 94 valence electrons. The maximum atomic E-state index is 6.23. The Morgan fingerprint density at radius 3 is 2.76 bits per heavy atom. The number of rotatable bonds is 4. The molecule has 0 N–H and O–H groups in total. The van der Waals surface area contributed by atoms with Crippen molar-refractivity contribution in [3.8, 4) is 0 Å². The molecule has 0 saturated carbocycles. The molecule has 1 aromatic rings. The number of thioether (sulfide) groups is 1. The van der Waals surface area contributed by atoms with Gasteiger partial charge in [-0.15, -0.1) is 0 Å². The molecule has 0 spiro atoms. The van der Waals surface area contributed by atoms with Crippen LogP contribution in [0.2, 0.25) is 5.15 Å². The molecule has 2 nitrogen and oxygen atoms in total. The average molecular weight is 271 g/mol. The van der Waals surface area contributed by atoms with E-state index in [2.05, 4.69) is 23.8 Å². The number of fused-ring (bicyclic) bond motifs is 1. The van der Waals surface area contributed by atoms with Crippen LogP contribution in [-0.4, -0.2) is 15.7 Å². The summed E-state index contributed by atoms with van der Waals surface area (Å²) in [6.45, 7) is 4.46. The van der Waals surface area contributed by atoms with Crippen LogP contribution < -0.4 is 0 Å². The maximum absolute atomic E-state index is 6.23. The van der Waals surface area contributed by atoms with Gasteiger partial charge >= 0.3 is 0 Å². The zero-order chi connectivity index (χ0) is 12.3. The number of hydrogen-bond acceptors (Lipinski definition) is 3. The van der Waals surface area contributed by atoms with Gasteiger partial charge in [0.15, 0.2) is 0 Å². The molecule has 4 heteroatoms. The summed E-state index contributed by atoms with van der Waals surface area (Å²) in [5.41, 5.74) is 2.38. The molecule has 1 aliphatic carbocycles. The van der Waals surface area contributed by atoms with Gasteiger partial charge in [-0.2, -0.15) is 11.8 Å². The predicted molar refractivity (Wildman–Crippen MR) is 74.7 cm³/mol. The van der Waals surface area contributed by atoms with E-state index in [0.717, 1.165) is 30.2 Å². The van der Waals surface area contributed by atoms with Crippen molar-refractivity contribution in [2.45, 2.75) is 45.3 Å². The highest BCUT2D eigenvalue weighted by molar-refractivity contribution is 7.98. The van der Waals surface area contributed by atoms with Crippen LogP contribution in [0.1, 0.15) is 43.8 Å². The van der Waals surface area contributed by atoms with Crippen molar-refractivity contribution >= 4 is 23.4 Å². The fraction of sp³-hybridized carbons (Fsp3) is 0.692. The van der Waals surface area contributed by atoms with E-state index in [1.165, 1.54) is 24.1 Å². The maximum Gasteiger partial charge on any atom is 0.140 e. The summed E-state index contributed by atoms with van der Waals surface area (Å²) >= 11 is 8.12. The van der Waals surface area contributed by atoms with Gasteiger partial charge in [0, 0.05) is 11.3 Å². The average Bonchev–Trinajstić information content (AvgIpc) is 2.28. The first-order valence-corrected chi connectivity index (χ1v) is 7.82. The van der Waals surface area contributed by atoms with Gasteiger partial charge in [0.05, 0.1) is 5.75 Å². The Bertz CT molecular complexity index is 393. The van der Waals surface area contributed by atoms with E-state index in [1.807, 2.05) is 11.8 Å². The Kier molecular flexibility index (Phi) is 4.69. The van der Waals surface area contributed by atoms with Gasteiger partial charge in [0.2, 0.25) is 0 Å². The predicted octanol–water partition coefficient (Wildman–Crippen LogP) is 3.90. The van der Waals surface area contributed by atoms with Gasteiger partial charge in [0.25, 0.3) is 0 Å². The fourth-order valence-corrected chi connectivity index (χ4v) is 3.25. The van der Waals surface area contributed by atoms with Crippen LogP contribution >= 0.6 is 23.4 Å². The van der Waals surface area contributed by atoms with Gasteiger partial charge in [-0.1, -0.05) is 25.4 Å². The number of nitrogens with zero attached hydrogens (tertiary/aromatic N) is 2. The van der Waals surface area contributed by atoms with Crippen molar-refractivity contribution in [3.63, 3.8) is 0 Å². The highest BCUT2D eigenvalue weighted by Crippen LogP contribution is 2.26. The molecule has 0 unspecified atom stereocenters. The van der Waals surface area contributed by atoms with Crippen molar-refractivity contribution in [2.75, 3.05) is 5.75 Å². The van der Waals surface area contributed by atoms with Crippen molar-refractivity contribution in [3.05, 3.63) is 22.2 Å². The van der Waals surface area contributed by atoms with E-state index in [0.29, 0.717) is 11.1 Å². The van der Waals surface area contributed by atoms with E-state index in [9.17, 15) is 0 Å². The third-order valence-corrected chi connectivity index (χ3v) is 4.54. The van der Waals surface area contributed by atoms with E-state index >= 15 is 0 Å². The van der Waals surface area contributed by atoms with Crippen LogP contribution in [0.4, 0.5) is 0 Å². The second kappa shape index (κ2) is 6.05. The Morgan fingerprint density at radius 1 is 1.24 bits per heavy atom. The molecule has 0 bridgehead atoms. The first kappa shape index (κ1) is 13.2. The Labute approximate surface area is 113 Å². The number of halogens is 1. The minimum Gasteiger partial charge on any atom is -0.237 e.